The molecule has 0 spiro atoms. The second-order valence-electron chi connectivity index (χ2n) is 6.94. The highest BCUT2D eigenvalue weighted by Crippen LogP contribution is 2.28. The highest BCUT2D eigenvalue weighted by atomic mass is 32.2. The van der Waals surface area contributed by atoms with E-state index in [-0.39, 0.29) is 23.4 Å². The molecule has 2 N–H and O–H groups in total. The minimum atomic E-state index is -0.171. The summed E-state index contributed by atoms with van der Waals surface area (Å²) in [5, 5.41) is 6.38. The van der Waals surface area contributed by atoms with Crippen LogP contribution in [0.3, 0.4) is 0 Å². The number of thioether (sulfide) groups is 1. The van der Waals surface area contributed by atoms with Crippen molar-refractivity contribution in [3.63, 3.8) is 0 Å². The highest BCUT2D eigenvalue weighted by molar-refractivity contribution is 7.99. The quantitative estimate of drug-likeness (QED) is 0.836. The molecule has 4 rings (SSSR count). The Morgan fingerprint density at radius 3 is 2.74 bits per heavy atom. The van der Waals surface area contributed by atoms with Crippen LogP contribution in [0.5, 0.6) is 0 Å². The molecule has 2 heterocycles. The van der Waals surface area contributed by atoms with Gasteiger partial charge in [0, 0.05) is 36.9 Å². The van der Waals surface area contributed by atoms with Crippen molar-refractivity contribution < 1.29 is 9.59 Å². The maximum absolute atomic E-state index is 12.8. The van der Waals surface area contributed by atoms with Gasteiger partial charge in [0.1, 0.15) is 5.50 Å². The number of nitrogens with zero attached hydrogens (tertiary/aromatic N) is 1. The lowest BCUT2D eigenvalue weighted by Crippen LogP contribution is -2.55. The molecule has 0 radical (unpaired) electrons. The molecule has 0 bridgehead atoms. The van der Waals surface area contributed by atoms with Crippen molar-refractivity contribution in [3.05, 3.63) is 65.7 Å². The van der Waals surface area contributed by atoms with Crippen molar-refractivity contribution in [2.75, 3.05) is 11.4 Å². The smallest absolute Gasteiger partial charge is 0.228 e. The van der Waals surface area contributed by atoms with Gasteiger partial charge in [-0.1, -0.05) is 48.5 Å². The average Bonchev–Trinajstić information content (AvgIpc) is 3.11. The van der Waals surface area contributed by atoms with Gasteiger partial charge in [-0.3, -0.25) is 14.9 Å². The van der Waals surface area contributed by atoms with E-state index in [0.717, 1.165) is 24.4 Å². The van der Waals surface area contributed by atoms with Crippen LogP contribution in [0.15, 0.2) is 54.6 Å². The third-order valence-corrected chi connectivity index (χ3v) is 6.07. The molecular formula is C21H23N3O2S. The van der Waals surface area contributed by atoms with E-state index < -0.39 is 0 Å². The zero-order chi connectivity index (χ0) is 18.6. The van der Waals surface area contributed by atoms with Gasteiger partial charge in [0.25, 0.3) is 0 Å². The molecule has 2 amide bonds. The van der Waals surface area contributed by atoms with Crippen LogP contribution in [0, 0.1) is 0 Å². The number of hydrogen-bond acceptors (Lipinski definition) is 4. The lowest BCUT2D eigenvalue weighted by Gasteiger charge is -2.32. The maximum Gasteiger partial charge on any atom is 0.228 e. The van der Waals surface area contributed by atoms with Gasteiger partial charge in [-0.2, -0.15) is 0 Å². The zero-order valence-electron chi connectivity index (χ0n) is 15.1. The molecule has 0 aromatic heterocycles. The highest BCUT2D eigenvalue weighted by Gasteiger charge is 2.31. The largest absolute Gasteiger partial charge is 0.332 e. The van der Waals surface area contributed by atoms with Gasteiger partial charge < -0.3 is 10.2 Å². The van der Waals surface area contributed by atoms with Crippen molar-refractivity contribution in [1.82, 2.24) is 10.6 Å². The third-order valence-electron chi connectivity index (χ3n) is 4.98. The molecule has 2 unspecified atom stereocenters. The van der Waals surface area contributed by atoms with E-state index in [0.29, 0.717) is 12.8 Å². The van der Waals surface area contributed by atoms with E-state index in [1.54, 1.807) is 11.8 Å². The number of amides is 2. The van der Waals surface area contributed by atoms with Crippen LogP contribution in [0.25, 0.3) is 0 Å². The lowest BCUT2D eigenvalue weighted by atomic mass is 10.1. The van der Waals surface area contributed by atoms with Crippen molar-refractivity contribution in [2.24, 2.45) is 0 Å². The summed E-state index contributed by atoms with van der Waals surface area (Å²) in [4.78, 5) is 26.8. The SMILES string of the molecule is O=C1CC(CC(=O)N2CCc3ccccc32)NC(SCc2ccccc2)N1. The first-order chi connectivity index (χ1) is 13.2. The molecule has 2 atom stereocenters. The maximum atomic E-state index is 12.8. The molecule has 0 aliphatic carbocycles. The summed E-state index contributed by atoms with van der Waals surface area (Å²) >= 11 is 1.64. The van der Waals surface area contributed by atoms with Crippen LogP contribution in [-0.2, 0) is 21.8 Å². The molecule has 5 nitrogen and oxygen atoms in total. The van der Waals surface area contributed by atoms with Gasteiger partial charge in [-0.05, 0) is 23.6 Å². The molecule has 2 aromatic rings. The summed E-state index contributed by atoms with van der Waals surface area (Å²) in [7, 11) is 0. The predicted molar refractivity (Wildman–Crippen MR) is 108 cm³/mol. The second kappa shape index (κ2) is 8.15. The molecule has 0 saturated carbocycles. The van der Waals surface area contributed by atoms with Gasteiger partial charge in [0.2, 0.25) is 11.8 Å². The van der Waals surface area contributed by atoms with E-state index in [2.05, 4.69) is 28.8 Å². The van der Waals surface area contributed by atoms with Crippen LogP contribution < -0.4 is 15.5 Å². The number of rotatable bonds is 5. The average molecular weight is 382 g/mol. The van der Waals surface area contributed by atoms with Gasteiger partial charge in [0.05, 0.1) is 0 Å². The summed E-state index contributed by atoms with van der Waals surface area (Å²) in [6.45, 7) is 0.725. The summed E-state index contributed by atoms with van der Waals surface area (Å²) in [5.41, 5.74) is 3.27. The fourth-order valence-corrected chi connectivity index (χ4v) is 4.69. The Kier molecular flexibility index (Phi) is 5.45. The fourth-order valence-electron chi connectivity index (χ4n) is 3.64. The Bertz CT molecular complexity index is 827. The summed E-state index contributed by atoms with van der Waals surface area (Å²) in [6.07, 6.45) is 1.57. The van der Waals surface area contributed by atoms with Crippen molar-refractivity contribution in [3.8, 4) is 0 Å². The van der Waals surface area contributed by atoms with Crippen LogP contribution >= 0.6 is 11.8 Å². The molecule has 2 aromatic carbocycles. The lowest BCUT2D eigenvalue weighted by molar-refractivity contribution is -0.124. The first-order valence-electron chi connectivity index (χ1n) is 9.28. The van der Waals surface area contributed by atoms with Gasteiger partial charge in [-0.15, -0.1) is 11.8 Å². The van der Waals surface area contributed by atoms with Crippen LogP contribution in [0.2, 0.25) is 0 Å². The number of hydrogen-bond donors (Lipinski definition) is 2. The van der Waals surface area contributed by atoms with E-state index in [1.165, 1.54) is 11.1 Å². The van der Waals surface area contributed by atoms with Crippen molar-refractivity contribution >= 4 is 29.3 Å². The monoisotopic (exact) mass is 381 g/mol. The Labute approximate surface area is 163 Å². The standard InChI is InChI=1S/C21H23N3O2S/c25-19-12-17(22-21(23-19)27-14-15-6-2-1-3-7-15)13-20(26)24-11-10-16-8-4-5-9-18(16)24/h1-9,17,21-22H,10-14H2,(H,23,25). The first-order valence-corrected chi connectivity index (χ1v) is 10.3. The van der Waals surface area contributed by atoms with E-state index >= 15 is 0 Å². The van der Waals surface area contributed by atoms with Crippen LogP contribution in [0.1, 0.15) is 24.0 Å². The molecule has 2 aliphatic rings. The minimum Gasteiger partial charge on any atom is -0.332 e. The third kappa shape index (κ3) is 4.34. The number of benzene rings is 2. The molecular weight excluding hydrogens is 358 g/mol. The molecule has 6 heteroatoms. The Morgan fingerprint density at radius 1 is 1.11 bits per heavy atom. The molecule has 1 fully saturated rings. The molecule has 140 valence electrons. The zero-order valence-corrected chi connectivity index (χ0v) is 15.9. The minimum absolute atomic E-state index is 0.000987. The molecule has 2 aliphatic heterocycles. The number of nitrogens with one attached hydrogen (secondary N) is 2. The fraction of sp³-hybridized carbons (Fsp3) is 0.333. The molecule has 1 saturated heterocycles. The number of fused-ring (bicyclic) bond motifs is 1. The van der Waals surface area contributed by atoms with E-state index in [1.807, 2.05) is 41.3 Å². The van der Waals surface area contributed by atoms with Crippen LogP contribution in [0.4, 0.5) is 5.69 Å². The summed E-state index contributed by atoms with van der Waals surface area (Å²) in [5.74, 6) is 0.886. The van der Waals surface area contributed by atoms with Crippen molar-refractivity contribution in [1.29, 1.82) is 0 Å². The Morgan fingerprint density at radius 2 is 1.89 bits per heavy atom. The van der Waals surface area contributed by atoms with Gasteiger partial charge >= 0.3 is 0 Å². The number of anilines is 1. The number of para-hydroxylation sites is 1. The van der Waals surface area contributed by atoms with Gasteiger partial charge in [-0.25, -0.2) is 0 Å². The van der Waals surface area contributed by atoms with Gasteiger partial charge in [0.15, 0.2) is 0 Å². The topological polar surface area (TPSA) is 61.4 Å². The summed E-state index contributed by atoms with van der Waals surface area (Å²) < 4.78 is 0. The second-order valence-corrected chi connectivity index (χ2v) is 8.03. The van der Waals surface area contributed by atoms with E-state index in [9.17, 15) is 9.59 Å². The van der Waals surface area contributed by atoms with Crippen molar-refractivity contribution in [2.45, 2.75) is 36.6 Å². The predicted octanol–water partition coefficient (Wildman–Crippen LogP) is 2.66. The van der Waals surface area contributed by atoms with E-state index in [4.69, 9.17) is 0 Å². The molecule has 27 heavy (non-hydrogen) atoms. The normalized spacial score (nSPS) is 21.6. The number of carbonyl (C=O) groups is 2. The Hall–Kier alpha value is -2.31. The summed E-state index contributed by atoms with van der Waals surface area (Å²) in [6, 6.07) is 18.1. The number of carbonyl (C=O) groups excluding carboxylic acids is 2. The Balaban J connectivity index is 1.34. The van der Waals surface area contributed by atoms with Crippen LogP contribution in [-0.4, -0.2) is 29.9 Å². The first kappa shape index (κ1) is 18.1.